The number of sulfonamides is 2. The highest BCUT2D eigenvalue weighted by molar-refractivity contribution is 8.09. The standard InChI is InChI=1S/C36H39NO8S2/c1-44-34-21-17-29(18-22-34)12-6-2-3-11-25-45-35-23-20-33(26-32(35)19-24-36(38)39)37(46(40,41)27-30-13-7-4-8-14-30)47(42,43)28-31-15-9-5-10-16-31/h4-10,12-18,20-23,26H,2-3,11,19,24-25,27-28H2,1H3,(H,38,39). The molecule has 0 amide bonds. The Morgan fingerprint density at radius 2 is 1.38 bits per heavy atom. The van der Waals surface area contributed by atoms with Crippen LogP contribution >= 0.6 is 0 Å². The van der Waals surface area contributed by atoms with Gasteiger partial charge >= 0.3 is 5.97 Å². The van der Waals surface area contributed by atoms with Gasteiger partial charge in [0.2, 0.25) is 0 Å². The number of unbranched alkanes of at least 4 members (excludes halogenated alkanes) is 2. The minimum atomic E-state index is -4.45. The van der Waals surface area contributed by atoms with Crippen molar-refractivity contribution in [2.45, 2.75) is 43.6 Å². The zero-order chi connectivity index (χ0) is 33.7. The molecule has 9 nitrogen and oxygen atoms in total. The number of carboxylic acid groups (broad SMARTS) is 1. The summed E-state index contributed by atoms with van der Waals surface area (Å²) in [4.78, 5) is 11.5. The van der Waals surface area contributed by atoms with E-state index in [9.17, 15) is 26.7 Å². The monoisotopic (exact) mass is 677 g/mol. The van der Waals surface area contributed by atoms with Crippen molar-refractivity contribution in [3.8, 4) is 11.5 Å². The molecule has 0 saturated carbocycles. The molecule has 4 rings (SSSR count). The zero-order valence-corrected chi connectivity index (χ0v) is 27.8. The van der Waals surface area contributed by atoms with E-state index in [0.717, 1.165) is 30.6 Å². The number of ether oxygens (including phenoxy) is 2. The van der Waals surface area contributed by atoms with E-state index in [1.165, 1.54) is 18.2 Å². The molecule has 4 aromatic rings. The van der Waals surface area contributed by atoms with Gasteiger partial charge in [0.05, 0.1) is 30.9 Å². The van der Waals surface area contributed by atoms with Crippen LogP contribution in [0.3, 0.4) is 0 Å². The highest BCUT2D eigenvalue weighted by Crippen LogP contribution is 2.32. The molecule has 0 atom stereocenters. The largest absolute Gasteiger partial charge is 0.497 e. The van der Waals surface area contributed by atoms with E-state index in [1.807, 2.05) is 30.3 Å². The summed E-state index contributed by atoms with van der Waals surface area (Å²) in [6.07, 6.45) is 6.28. The minimum Gasteiger partial charge on any atom is -0.497 e. The molecular formula is C36H39NO8S2. The molecule has 1 N–H and O–H groups in total. The Labute approximate surface area is 277 Å². The molecular weight excluding hydrogens is 639 g/mol. The molecule has 0 aliphatic heterocycles. The average molecular weight is 678 g/mol. The lowest BCUT2D eigenvalue weighted by Gasteiger charge is -2.25. The number of aliphatic carboxylic acids is 1. The smallest absolute Gasteiger partial charge is 0.303 e. The van der Waals surface area contributed by atoms with Crippen molar-refractivity contribution >= 4 is 37.8 Å². The van der Waals surface area contributed by atoms with Crippen molar-refractivity contribution in [3.05, 3.63) is 131 Å². The first-order chi connectivity index (χ1) is 22.6. The number of carbonyl (C=O) groups is 1. The topological polar surface area (TPSA) is 127 Å². The number of methoxy groups -OCH3 is 1. The van der Waals surface area contributed by atoms with E-state index >= 15 is 0 Å². The molecule has 0 aliphatic carbocycles. The first kappa shape index (κ1) is 35.2. The number of allylic oxidation sites excluding steroid dienone is 1. The molecule has 0 aliphatic rings. The molecule has 0 radical (unpaired) electrons. The zero-order valence-electron chi connectivity index (χ0n) is 26.2. The third-order valence-electron chi connectivity index (χ3n) is 7.20. The molecule has 0 fully saturated rings. The van der Waals surface area contributed by atoms with E-state index in [4.69, 9.17) is 9.47 Å². The summed E-state index contributed by atoms with van der Waals surface area (Å²) in [5.74, 6) is -0.958. The van der Waals surface area contributed by atoms with Crippen molar-refractivity contribution in [1.82, 2.24) is 0 Å². The molecule has 0 unspecified atom stereocenters. The summed E-state index contributed by atoms with van der Waals surface area (Å²) in [5.41, 5.74) is 2.22. The number of carboxylic acids is 1. The van der Waals surface area contributed by atoms with E-state index in [0.29, 0.717) is 32.8 Å². The predicted octanol–water partition coefficient (Wildman–Crippen LogP) is 6.84. The van der Waals surface area contributed by atoms with Gasteiger partial charge in [0.1, 0.15) is 11.5 Å². The Bertz CT molecular complexity index is 1770. The molecule has 0 saturated heterocycles. The van der Waals surface area contributed by atoms with Gasteiger partial charge in [-0.2, -0.15) is 3.71 Å². The molecule has 11 heteroatoms. The number of nitrogens with zero attached hydrogens (tertiary/aromatic N) is 1. The van der Waals surface area contributed by atoms with Crippen LogP contribution in [-0.4, -0.2) is 41.6 Å². The van der Waals surface area contributed by atoms with Gasteiger partial charge in [-0.25, -0.2) is 16.8 Å². The average Bonchev–Trinajstić information content (AvgIpc) is 3.04. The Balaban J connectivity index is 1.53. The second-order valence-corrected chi connectivity index (χ2v) is 14.8. The minimum absolute atomic E-state index is 0.0222. The van der Waals surface area contributed by atoms with Crippen LogP contribution in [0.15, 0.2) is 109 Å². The molecule has 0 spiro atoms. The van der Waals surface area contributed by atoms with Crippen LogP contribution in [0.1, 0.15) is 47.9 Å². The van der Waals surface area contributed by atoms with Crippen LogP contribution in [0.2, 0.25) is 0 Å². The second-order valence-electron chi connectivity index (χ2n) is 10.9. The Morgan fingerprint density at radius 1 is 0.787 bits per heavy atom. The van der Waals surface area contributed by atoms with Crippen LogP contribution in [0, 0.1) is 0 Å². The van der Waals surface area contributed by atoms with Gasteiger partial charge in [-0.3, -0.25) is 4.79 Å². The van der Waals surface area contributed by atoms with E-state index in [2.05, 4.69) is 6.08 Å². The Kier molecular flexibility index (Phi) is 12.6. The molecule has 47 heavy (non-hydrogen) atoms. The normalized spacial score (nSPS) is 11.8. The molecule has 0 heterocycles. The van der Waals surface area contributed by atoms with Crippen LogP contribution in [-0.2, 0) is 42.8 Å². The van der Waals surface area contributed by atoms with Gasteiger partial charge in [0.15, 0.2) is 0 Å². The predicted molar refractivity (Wildman–Crippen MR) is 184 cm³/mol. The van der Waals surface area contributed by atoms with Crippen molar-refractivity contribution < 1.29 is 36.2 Å². The van der Waals surface area contributed by atoms with E-state index < -0.39 is 37.5 Å². The number of benzene rings is 4. The van der Waals surface area contributed by atoms with Crippen LogP contribution in [0.25, 0.3) is 6.08 Å². The fraction of sp³-hybridized carbons (Fsp3) is 0.250. The van der Waals surface area contributed by atoms with Gasteiger partial charge in [-0.05, 0) is 78.3 Å². The van der Waals surface area contributed by atoms with E-state index in [1.54, 1.807) is 67.8 Å². The number of rotatable bonds is 18. The third-order valence-corrected chi connectivity index (χ3v) is 11.4. The third kappa shape index (κ3) is 10.7. The summed E-state index contributed by atoms with van der Waals surface area (Å²) < 4.78 is 67.0. The van der Waals surface area contributed by atoms with E-state index in [-0.39, 0.29) is 18.5 Å². The van der Waals surface area contributed by atoms with Gasteiger partial charge in [-0.15, -0.1) is 0 Å². The fourth-order valence-corrected chi connectivity index (χ4v) is 8.95. The number of anilines is 1. The molecule has 4 aromatic carbocycles. The van der Waals surface area contributed by atoms with Crippen LogP contribution in [0.5, 0.6) is 11.5 Å². The Morgan fingerprint density at radius 3 is 1.94 bits per heavy atom. The molecule has 0 aromatic heterocycles. The first-order valence-corrected chi connectivity index (χ1v) is 18.4. The van der Waals surface area contributed by atoms with Gasteiger partial charge in [0, 0.05) is 6.42 Å². The fourth-order valence-electron chi connectivity index (χ4n) is 4.92. The number of hydrogen-bond donors (Lipinski definition) is 1. The van der Waals surface area contributed by atoms with Gasteiger partial charge in [-0.1, -0.05) is 84.9 Å². The number of aryl methyl sites for hydroxylation is 1. The highest BCUT2D eigenvalue weighted by Gasteiger charge is 2.35. The maximum atomic E-state index is 13.8. The lowest BCUT2D eigenvalue weighted by Crippen LogP contribution is -2.38. The SMILES string of the molecule is COc1ccc(C=CCCCCOc2ccc(N(S(=O)(=O)Cc3ccccc3)S(=O)(=O)Cc3ccccc3)cc2CCC(=O)O)cc1. The molecule has 0 bridgehead atoms. The van der Waals surface area contributed by atoms with Gasteiger partial charge in [0.25, 0.3) is 20.0 Å². The quantitative estimate of drug-likeness (QED) is 0.113. The Hall–Kier alpha value is -4.61. The summed E-state index contributed by atoms with van der Waals surface area (Å²) in [6.45, 7) is 0.345. The highest BCUT2D eigenvalue weighted by atomic mass is 32.3. The maximum Gasteiger partial charge on any atom is 0.303 e. The van der Waals surface area contributed by atoms with Crippen molar-refractivity contribution in [3.63, 3.8) is 0 Å². The summed E-state index contributed by atoms with van der Waals surface area (Å²) in [5, 5.41) is 9.38. The van der Waals surface area contributed by atoms with Crippen molar-refractivity contribution in [1.29, 1.82) is 0 Å². The summed E-state index contributed by atoms with van der Waals surface area (Å²) in [7, 11) is -7.26. The molecule has 248 valence electrons. The summed E-state index contributed by atoms with van der Waals surface area (Å²) >= 11 is 0. The maximum absolute atomic E-state index is 13.8. The van der Waals surface area contributed by atoms with Gasteiger partial charge < -0.3 is 14.6 Å². The lowest BCUT2D eigenvalue weighted by atomic mass is 10.1. The second kappa shape index (κ2) is 16.8. The van der Waals surface area contributed by atoms with Crippen molar-refractivity contribution in [2.75, 3.05) is 17.4 Å². The lowest BCUT2D eigenvalue weighted by molar-refractivity contribution is -0.136. The number of hydrogen-bond acceptors (Lipinski definition) is 7. The van der Waals surface area contributed by atoms with Crippen molar-refractivity contribution in [2.24, 2.45) is 0 Å². The van der Waals surface area contributed by atoms with Crippen LogP contribution < -0.4 is 13.2 Å². The summed E-state index contributed by atoms with van der Waals surface area (Å²) in [6, 6.07) is 28.7. The van der Waals surface area contributed by atoms with Crippen LogP contribution in [0.4, 0.5) is 5.69 Å². The first-order valence-electron chi connectivity index (χ1n) is 15.2.